The van der Waals surface area contributed by atoms with Gasteiger partial charge in [-0.3, -0.25) is 14.4 Å². The van der Waals surface area contributed by atoms with E-state index in [0.717, 1.165) is 37.7 Å². The number of benzene rings is 1. The van der Waals surface area contributed by atoms with E-state index in [-0.39, 0.29) is 42.3 Å². The molecule has 0 aromatic heterocycles. The van der Waals surface area contributed by atoms with Crippen molar-refractivity contribution in [2.75, 3.05) is 19.8 Å². The Morgan fingerprint density at radius 2 is 1.97 bits per heavy atom. The van der Waals surface area contributed by atoms with Gasteiger partial charge in [0, 0.05) is 17.8 Å². The number of esters is 1. The van der Waals surface area contributed by atoms with Crippen molar-refractivity contribution < 1.29 is 24.2 Å². The summed E-state index contributed by atoms with van der Waals surface area (Å²) in [6, 6.07) is 8.11. The number of nitrogens with zero attached hydrogens (tertiary/aromatic N) is 2. The zero-order valence-electron chi connectivity index (χ0n) is 21.6. The number of ether oxygens (including phenoxy) is 1. The molecule has 6 atom stereocenters. The molecule has 3 saturated heterocycles. The molecule has 8 heteroatoms. The molecule has 4 aliphatic rings. The van der Waals surface area contributed by atoms with Gasteiger partial charge in [-0.1, -0.05) is 55.7 Å². The number of carbonyl (C=O) groups is 3. The summed E-state index contributed by atoms with van der Waals surface area (Å²) >= 11 is 1.64. The molecule has 2 unspecified atom stereocenters. The van der Waals surface area contributed by atoms with Gasteiger partial charge in [-0.2, -0.15) is 0 Å². The van der Waals surface area contributed by atoms with Crippen LogP contribution in [0.5, 0.6) is 0 Å². The van der Waals surface area contributed by atoms with Crippen LogP contribution in [0.25, 0.3) is 0 Å². The molecule has 3 aliphatic heterocycles. The highest BCUT2D eigenvalue weighted by molar-refractivity contribution is 8.02. The van der Waals surface area contributed by atoms with Crippen LogP contribution in [0.3, 0.4) is 0 Å². The lowest BCUT2D eigenvalue weighted by Gasteiger charge is -2.42. The maximum Gasteiger partial charge on any atom is 0.310 e. The lowest BCUT2D eigenvalue weighted by molar-refractivity contribution is -0.154. The lowest BCUT2D eigenvalue weighted by Crippen LogP contribution is -2.57. The van der Waals surface area contributed by atoms with Crippen molar-refractivity contribution in [1.29, 1.82) is 0 Å². The SMILES string of the molecule is C=CCN(C(=O)C1N([C@H](CO)c2ccccc2)C(=O)[C@@H]2[C@@H](C(=O)OCC)[C@H]3CCC12S3)C1CCCCC1. The highest BCUT2D eigenvalue weighted by Crippen LogP contribution is 2.67. The monoisotopic (exact) mass is 526 g/mol. The van der Waals surface area contributed by atoms with E-state index in [2.05, 4.69) is 6.58 Å². The topological polar surface area (TPSA) is 87.2 Å². The number of rotatable bonds is 9. The summed E-state index contributed by atoms with van der Waals surface area (Å²) in [7, 11) is 0. The molecule has 1 aromatic carbocycles. The Labute approximate surface area is 223 Å². The largest absolute Gasteiger partial charge is 0.466 e. The molecule has 200 valence electrons. The first-order chi connectivity index (χ1) is 18.0. The van der Waals surface area contributed by atoms with Gasteiger partial charge in [0.15, 0.2) is 0 Å². The molecule has 1 aromatic rings. The quantitative estimate of drug-likeness (QED) is 0.390. The van der Waals surface area contributed by atoms with Crippen LogP contribution in [0.15, 0.2) is 43.0 Å². The molecule has 37 heavy (non-hydrogen) atoms. The Balaban J connectivity index is 1.60. The molecule has 3 heterocycles. The standard InChI is InChI=1S/C29H38N2O5S/c1-3-17-30(20-13-9-6-10-14-20)27(34)25-29-16-15-22(37-29)23(28(35)36-4-2)24(29)26(33)31(25)21(18-32)19-11-7-5-8-12-19/h3,5,7-8,11-12,20-25,32H,1,4,6,9-10,13-18H2,2H3/t21-,22-,23+,24+,25?,29?/m1/s1. The Kier molecular flexibility index (Phi) is 7.68. The Morgan fingerprint density at radius 1 is 1.24 bits per heavy atom. The molecule has 2 amide bonds. The van der Waals surface area contributed by atoms with Crippen LogP contribution in [-0.2, 0) is 19.1 Å². The van der Waals surface area contributed by atoms with Gasteiger partial charge in [0.05, 0.1) is 35.8 Å². The average molecular weight is 527 g/mol. The average Bonchev–Trinajstić information content (AvgIpc) is 3.56. The molecular weight excluding hydrogens is 488 g/mol. The first kappa shape index (κ1) is 26.3. The maximum absolute atomic E-state index is 14.6. The van der Waals surface area contributed by atoms with Crippen LogP contribution in [0.1, 0.15) is 63.5 Å². The van der Waals surface area contributed by atoms with E-state index in [1.807, 2.05) is 35.2 Å². The van der Waals surface area contributed by atoms with Crippen molar-refractivity contribution in [2.24, 2.45) is 11.8 Å². The summed E-state index contributed by atoms with van der Waals surface area (Å²) in [5.41, 5.74) is 0.785. The number of hydrogen-bond donors (Lipinski definition) is 1. The number of hydrogen-bond acceptors (Lipinski definition) is 6. The van der Waals surface area contributed by atoms with E-state index < -0.39 is 28.7 Å². The minimum Gasteiger partial charge on any atom is -0.466 e. The van der Waals surface area contributed by atoms with Gasteiger partial charge in [0.1, 0.15) is 6.04 Å². The third-order valence-corrected chi connectivity index (χ3v) is 10.8. The Hall–Kier alpha value is -2.32. The van der Waals surface area contributed by atoms with E-state index in [9.17, 15) is 19.5 Å². The van der Waals surface area contributed by atoms with Crippen molar-refractivity contribution in [1.82, 2.24) is 9.80 Å². The van der Waals surface area contributed by atoms with Crippen LogP contribution < -0.4 is 0 Å². The van der Waals surface area contributed by atoms with Gasteiger partial charge >= 0.3 is 5.97 Å². The summed E-state index contributed by atoms with van der Waals surface area (Å²) in [5.74, 6) is -1.82. The fourth-order valence-electron chi connectivity index (χ4n) is 7.35. The number of aliphatic hydroxyl groups excluding tert-OH is 1. The molecular formula is C29H38N2O5S. The number of carbonyl (C=O) groups excluding carboxylic acids is 3. The lowest BCUT2D eigenvalue weighted by atomic mass is 9.71. The molecule has 1 spiro atoms. The second kappa shape index (κ2) is 10.8. The number of aliphatic hydroxyl groups is 1. The Bertz CT molecular complexity index is 1030. The third-order valence-electron chi connectivity index (χ3n) is 8.85. The van der Waals surface area contributed by atoms with Crippen molar-refractivity contribution in [3.05, 3.63) is 48.6 Å². The smallest absolute Gasteiger partial charge is 0.310 e. The second-order valence-corrected chi connectivity index (χ2v) is 12.3. The molecule has 1 N–H and O–H groups in total. The van der Waals surface area contributed by atoms with Gasteiger partial charge in [0.25, 0.3) is 0 Å². The molecule has 0 radical (unpaired) electrons. The molecule has 5 rings (SSSR count). The minimum atomic E-state index is -0.751. The van der Waals surface area contributed by atoms with Gasteiger partial charge in [-0.05, 0) is 38.2 Å². The highest BCUT2D eigenvalue weighted by Gasteiger charge is 2.75. The summed E-state index contributed by atoms with van der Waals surface area (Å²) in [4.78, 5) is 45.7. The fraction of sp³-hybridized carbons (Fsp3) is 0.621. The predicted molar refractivity (Wildman–Crippen MR) is 143 cm³/mol. The zero-order valence-corrected chi connectivity index (χ0v) is 22.4. The third kappa shape index (κ3) is 4.30. The van der Waals surface area contributed by atoms with E-state index in [0.29, 0.717) is 13.0 Å². The van der Waals surface area contributed by atoms with E-state index in [1.165, 1.54) is 6.42 Å². The van der Waals surface area contributed by atoms with Crippen LogP contribution in [-0.4, -0.2) is 74.5 Å². The van der Waals surface area contributed by atoms with Gasteiger partial charge in [-0.25, -0.2) is 0 Å². The maximum atomic E-state index is 14.6. The van der Waals surface area contributed by atoms with Crippen LogP contribution >= 0.6 is 11.8 Å². The number of thioether (sulfide) groups is 1. The van der Waals surface area contributed by atoms with Gasteiger partial charge in [-0.15, -0.1) is 18.3 Å². The molecule has 1 aliphatic carbocycles. The molecule has 1 saturated carbocycles. The fourth-order valence-corrected chi connectivity index (χ4v) is 9.54. The Morgan fingerprint density at radius 3 is 2.62 bits per heavy atom. The summed E-state index contributed by atoms with van der Waals surface area (Å²) < 4.78 is 4.73. The van der Waals surface area contributed by atoms with Gasteiger partial charge in [0.2, 0.25) is 11.8 Å². The molecule has 7 nitrogen and oxygen atoms in total. The molecule has 2 bridgehead atoms. The normalized spacial score (nSPS) is 31.7. The van der Waals surface area contributed by atoms with Crippen LogP contribution in [0.4, 0.5) is 0 Å². The van der Waals surface area contributed by atoms with Gasteiger partial charge < -0.3 is 19.6 Å². The van der Waals surface area contributed by atoms with Crippen molar-refractivity contribution in [3.63, 3.8) is 0 Å². The predicted octanol–water partition coefficient (Wildman–Crippen LogP) is 3.72. The molecule has 4 fully saturated rings. The van der Waals surface area contributed by atoms with Crippen molar-refractivity contribution >= 4 is 29.5 Å². The number of fused-ring (bicyclic) bond motifs is 1. The highest BCUT2D eigenvalue weighted by atomic mass is 32.2. The number of likely N-dealkylation sites (tertiary alicyclic amines) is 1. The zero-order chi connectivity index (χ0) is 26.2. The summed E-state index contributed by atoms with van der Waals surface area (Å²) in [6.45, 7) is 6.08. The van der Waals surface area contributed by atoms with Crippen molar-refractivity contribution in [2.45, 2.75) is 80.0 Å². The van der Waals surface area contributed by atoms with E-state index in [1.54, 1.807) is 29.7 Å². The minimum absolute atomic E-state index is 0.0303. The van der Waals surface area contributed by atoms with Crippen LogP contribution in [0, 0.1) is 11.8 Å². The number of amides is 2. The van der Waals surface area contributed by atoms with E-state index in [4.69, 9.17) is 4.74 Å². The van der Waals surface area contributed by atoms with Crippen molar-refractivity contribution in [3.8, 4) is 0 Å². The van der Waals surface area contributed by atoms with Crippen LogP contribution in [0.2, 0.25) is 0 Å². The summed E-state index contributed by atoms with van der Waals surface area (Å²) in [5, 5.41) is 10.6. The van der Waals surface area contributed by atoms with E-state index >= 15 is 0 Å². The summed E-state index contributed by atoms with van der Waals surface area (Å²) in [6.07, 6.45) is 8.46. The second-order valence-electron chi connectivity index (χ2n) is 10.7. The first-order valence-electron chi connectivity index (χ1n) is 13.7. The first-order valence-corrected chi connectivity index (χ1v) is 14.6.